The lowest BCUT2D eigenvalue weighted by Gasteiger charge is -2.23. The van der Waals surface area contributed by atoms with E-state index in [1.807, 2.05) is 0 Å². The second-order valence-corrected chi connectivity index (χ2v) is 6.66. The van der Waals surface area contributed by atoms with Gasteiger partial charge in [-0.05, 0) is 36.3 Å². The minimum atomic E-state index is 0.461. The van der Waals surface area contributed by atoms with Crippen molar-refractivity contribution in [2.75, 3.05) is 13.2 Å². The number of para-hydroxylation sites is 1. The van der Waals surface area contributed by atoms with Gasteiger partial charge in [-0.25, -0.2) is 0 Å². The lowest BCUT2D eigenvalue weighted by atomic mass is 9.94. The Hall–Kier alpha value is -1.02. The highest BCUT2D eigenvalue weighted by Gasteiger charge is 2.51. The number of hydrogen-bond acceptors (Lipinski definition) is 2. The van der Waals surface area contributed by atoms with Crippen LogP contribution in [0, 0.1) is 11.3 Å². The van der Waals surface area contributed by atoms with Crippen molar-refractivity contribution in [3.63, 3.8) is 0 Å². The molecule has 2 heteroatoms. The number of rotatable bonds is 5. The van der Waals surface area contributed by atoms with E-state index in [1.165, 1.54) is 29.7 Å². The Morgan fingerprint density at radius 1 is 1.42 bits per heavy atom. The lowest BCUT2D eigenvalue weighted by Crippen LogP contribution is -2.25. The molecule has 0 radical (unpaired) electrons. The molecule has 1 saturated carbocycles. The van der Waals surface area contributed by atoms with E-state index in [-0.39, 0.29) is 0 Å². The Balaban J connectivity index is 1.89. The van der Waals surface area contributed by atoms with Crippen LogP contribution in [0.5, 0.6) is 5.75 Å². The van der Waals surface area contributed by atoms with Crippen LogP contribution in [0.3, 0.4) is 0 Å². The molecule has 1 fully saturated rings. The van der Waals surface area contributed by atoms with Gasteiger partial charge in [-0.2, -0.15) is 0 Å². The molecule has 1 heterocycles. The quantitative estimate of drug-likeness (QED) is 0.870. The van der Waals surface area contributed by atoms with E-state index in [4.69, 9.17) is 4.74 Å². The van der Waals surface area contributed by atoms with E-state index in [2.05, 4.69) is 44.3 Å². The zero-order valence-electron chi connectivity index (χ0n) is 12.3. The van der Waals surface area contributed by atoms with Gasteiger partial charge in [0.25, 0.3) is 0 Å². The van der Waals surface area contributed by atoms with E-state index in [1.54, 1.807) is 0 Å². The van der Waals surface area contributed by atoms with Gasteiger partial charge in [0.05, 0.1) is 6.61 Å². The van der Waals surface area contributed by atoms with Crippen molar-refractivity contribution in [1.29, 1.82) is 0 Å². The third-order valence-corrected chi connectivity index (χ3v) is 4.69. The third kappa shape index (κ3) is 2.38. The SMILES string of the molecule is CCCNC(c1cccc2c1OCC2)C1CC1(C)C. The number of benzene rings is 1. The summed E-state index contributed by atoms with van der Waals surface area (Å²) >= 11 is 0. The molecule has 19 heavy (non-hydrogen) atoms. The Kier molecular flexibility index (Phi) is 3.30. The van der Waals surface area contributed by atoms with Crippen molar-refractivity contribution in [3.05, 3.63) is 29.3 Å². The van der Waals surface area contributed by atoms with Crippen molar-refractivity contribution >= 4 is 0 Å². The van der Waals surface area contributed by atoms with Crippen LogP contribution in [0.25, 0.3) is 0 Å². The highest BCUT2D eigenvalue weighted by atomic mass is 16.5. The van der Waals surface area contributed by atoms with Gasteiger partial charge < -0.3 is 10.1 Å². The Labute approximate surface area is 116 Å². The van der Waals surface area contributed by atoms with E-state index >= 15 is 0 Å². The Morgan fingerprint density at radius 3 is 2.89 bits per heavy atom. The molecule has 1 aromatic carbocycles. The van der Waals surface area contributed by atoms with Crippen molar-refractivity contribution in [3.8, 4) is 5.75 Å². The molecule has 2 atom stereocenters. The van der Waals surface area contributed by atoms with Crippen LogP contribution in [-0.2, 0) is 6.42 Å². The van der Waals surface area contributed by atoms with Gasteiger partial charge in [0.2, 0.25) is 0 Å². The van der Waals surface area contributed by atoms with E-state index < -0.39 is 0 Å². The fourth-order valence-corrected chi connectivity index (χ4v) is 3.33. The maximum Gasteiger partial charge on any atom is 0.127 e. The number of fused-ring (bicyclic) bond motifs is 1. The zero-order valence-corrected chi connectivity index (χ0v) is 12.3. The molecule has 2 aliphatic rings. The topological polar surface area (TPSA) is 21.3 Å². The highest BCUT2D eigenvalue weighted by Crippen LogP contribution is 2.58. The van der Waals surface area contributed by atoms with Crippen molar-refractivity contribution in [2.24, 2.45) is 11.3 Å². The molecule has 104 valence electrons. The molecule has 1 aromatic rings. The largest absolute Gasteiger partial charge is 0.493 e. The molecule has 2 unspecified atom stereocenters. The second-order valence-electron chi connectivity index (χ2n) is 6.66. The van der Waals surface area contributed by atoms with Crippen molar-refractivity contribution < 1.29 is 4.74 Å². The minimum absolute atomic E-state index is 0.461. The summed E-state index contributed by atoms with van der Waals surface area (Å²) in [5.74, 6) is 1.91. The molecule has 0 spiro atoms. The molecule has 0 saturated heterocycles. The second kappa shape index (κ2) is 4.82. The van der Waals surface area contributed by atoms with Crippen LogP contribution >= 0.6 is 0 Å². The summed E-state index contributed by atoms with van der Waals surface area (Å²) in [4.78, 5) is 0. The normalized spacial score (nSPS) is 24.7. The first-order chi connectivity index (χ1) is 9.13. The Morgan fingerprint density at radius 2 is 2.21 bits per heavy atom. The summed E-state index contributed by atoms with van der Waals surface area (Å²) in [6, 6.07) is 7.12. The smallest absolute Gasteiger partial charge is 0.127 e. The van der Waals surface area contributed by atoms with Crippen LogP contribution < -0.4 is 10.1 Å². The first-order valence-electron chi connectivity index (χ1n) is 7.61. The van der Waals surface area contributed by atoms with Crippen LogP contribution in [0.15, 0.2) is 18.2 Å². The minimum Gasteiger partial charge on any atom is -0.493 e. The van der Waals surface area contributed by atoms with Crippen LogP contribution in [-0.4, -0.2) is 13.2 Å². The number of nitrogens with one attached hydrogen (secondary N) is 1. The summed E-state index contributed by atoms with van der Waals surface area (Å²) < 4.78 is 5.90. The Bertz CT molecular complexity index is 466. The standard InChI is InChI=1S/C17H25NO/c1-4-9-18-15(14-11-17(14,2)3)13-7-5-6-12-8-10-19-16(12)13/h5-7,14-15,18H,4,8-11H2,1-3H3. The fourth-order valence-electron chi connectivity index (χ4n) is 3.33. The molecule has 1 N–H and O–H groups in total. The van der Waals surface area contributed by atoms with Crippen LogP contribution in [0.1, 0.15) is 50.8 Å². The van der Waals surface area contributed by atoms with Crippen molar-refractivity contribution in [1.82, 2.24) is 5.32 Å². The molecule has 1 aliphatic carbocycles. The monoisotopic (exact) mass is 259 g/mol. The van der Waals surface area contributed by atoms with Gasteiger partial charge in [-0.3, -0.25) is 0 Å². The maximum atomic E-state index is 5.90. The lowest BCUT2D eigenvalue weighted by molar-refractivity contribution is 0.340. The molecule has 0 bridgehead atoms. The molecule has 0 aromatic heterocycles. The van der Waals surface area contributed by atoms with Crippen LogP contribution in [0.4, 0.5) is 0 Å². The van der Waals surface area contributed by atoms with Gasteiger partial charge in [0.15, 0.2) is 0 Å². The summed E-state index contributed by atoms with van der Waals surface area (Å²) in [5, 5.41) is 3.75. The average molecular weight is 259 g/mol. The maximum absolute atomic E-state index is 5.90. The average Bonchev–Trinajstić information content (AvgIpc) is 2.82. The van der Waals surface area contributed by atoms with Crippen molar-refractivity contribution in [2.45, 2.75) is 46.1 Å². The first kappa shape index (κ1) is 13.0. The predicted molar refractivity (Wildman–Crippen MR) is 78.6 cm³/mol. The van der Waals surface area contributed by atoms with Gasteiger partial charge in [0, 0.05) is 18.0 Å². The summed E-state index contributed by atoms with van der Waals surface area (Å²) in [6.45, 7) is 8.92. The molecule has 0 amide bonds. The number of hydrogen-bond donors (Lipinski definition) is 1. The number of ether oxygens (including phenoxy) is 1. The summed E-state index contributed by atoms with van der Waals surface area (Å²) in [7, 11) is 0. The third-order valence-electron chi connectivity index (χ3n) is 4.69. The van der Waals surface area contributed by atoms with E-state index in [0.717, 1.165) is 25.5 Å². The fraction of sp³-hybridized carbons (Fsp3) is 0.647. The van der Waals surface area contributed by atoms with Gasteiger partial charge >= 0.3 is 0 Å². The summed E-state index contributed by atoms with van der Waals surface area (Å²) in [6.07, 6.45) is 3.56. The van der Waals surface area contributed by atoms with Gasteiger partial charge in [-0.15, -0.1) is 0 Å². The molecular weight excluding hydrogens is 234 g/mol. The molecule has 3 rings (SSSR count). The van der Waals surface area contributed by atoms with E-state index in [9.17, 15) is 0 Å². The molecule has 2 nitrogen and oxygen atoms in total. The predicted octanol–water partition coefficient (Wildman–Crippen LogP) is 3.71. The van der Waals surface area contributed by atoms with Crippen LogP contribution in [0.2, 0.25) is 0 Å². The zero-order chi connectivity index (χ0) is 13.5. The summed E-state index contributed by atoms with van der Waals surface area (Å²) in [5.41, 5.74) is 3.26. The van der Waals surface area contributed by atoms with Gasteiger partial charge in [-0.1, -0.05) is 39.0 Å². The van der Waals surface area contributed by atoms with E-state index in [0.29, 0.717) is 11.5 Å². The molecular formula is C17H25NO. The van der Waals surface area contributed by atoms with Gasteiger partial charge in [0.1, 0.15) is 5.75 Å². The molecule has 1 aliphatic heterocycles. The first-order valence-corrected chi connectivity index (χ1v) is 7.61. The highest BCUT2D eigenvalue weighted by molar-refractivity contribution is 5.46.